The van der Waals surface area contributed by atoms with Crippen LogP contribution in [0.2, 0.25) is 0 Å². The van der Waals surface area contributed by atoms with Gasteiger partial charge in [0.15, 0.2) is 0 Å². The standard InChI is InChI=1S/C17H17N3O3S/c1-3-9-19(11-14-5-4-6-16(10-14)20(22)23)17(21)8-7-15-12-24-13(2)18-15/h3-8,10,12H,1,9,11H2,2H3. The Morgan fingerprint density at radius 3 is 2.92 bits per heavy atom. The summed E-state index contributed by atoms with van der Waals surface area (Å²) in [4.78, 5) is 28.6. The highest BCUT2D eigenvalue weighted by molar-refractivity contribution is 7.09. The summed E-state index contributed by atoms with van der Waals surface area (Å²) >= 11 is 1.51. The molecule has 0 atom stereocenters. The number of rotatable bonds is 7. The minimum atomic E-state index is -0.451. The van der Waals surface area contributed by atoms with Gasteiger partial charge in [-0.05, 0) is 18.6 Å². The molecule has 124 valence electrons. The quantitative estimate of drug-likeness (QED) is 0.333. The zero-order chi connectivity index (χ0) is 17.5. The average Bonchev–Trinajstić information content (AvgIpc) is 2.98. The molecule has 2 rings (SSSR count). The van der Waals surface area contributed by atoms with E-state index in [1.54, 1.807) is 29.2 Å². The molecule has 2 aromatic rings. The lowest BCUT2D eigenvalue weighted by Gasteiger charge is -2.19. The Morgan fingerprint density at radius 2 is 2.29 bits per heavy atom. The molecule has 0 N–H and O–H groups in total. The number of nitrogens with zero attached hydrogens (tertiary/aromatic N) is 3. The Morgan fingerprint density at radius 1 is 1.50 bits per heavy atom. The highest BCUT2D eigenvalue weighted by atomic mass is 32.1. The smallest absolute Gasteiger partial charge is 0.269 e. The third-order valence-corrected chi connectivity index (χ3v) is 3.98. The highest BCUT2D eigenvalue weighted by Gasteiger charge is 2.12. The van der Waals surface area contributed by atoms with Crippen molar-refractivity contribution in [1.82, 2.24) is 9.88 Å². The minimum Gasteiger partial charge on any atom is -0.331 e. The molecule has 7 heteroatoms. The van der Waals surface area contributed by atoms with Gasteiger partial charge in [-0.25, -0.2) is 4.98 Å². The van der Waals surface area contributed by atoms with Crippen LogP contribution in [0, 0.1) is 17.0 Å². The molecule has 0 saturated carbocycles. The predicted molar refractivity (Wildman–Crippen MR) is 94.6 cm³/mol. The van der Waals surface area contributed by atoms with E-state index in [9.17, 15) is 14.9 Å². The zero-order valence-electron chi connectivity index (χ0n) is 13.2. The number of benzene rings is 1. The Bertz CT molecular complexity index is 783. The first-order valence-electron chi connectivity index (χ1n) is 7.23. The predicted octanol–water partition coefficient (Wildman–Crippen LogP) is 3.59. The van der Waals surface area contributed by atoms with E-state index in [0.717, 1.165) is 10.7 Å². The molecule has 0 spiro atoms. The van der Waals surface area contributed by atoms with E-state index in [2.05, 4.69) is 11.6 Å². The van der Waals surface area contributed by atoms with Crippen LogP contribution in [0.15, 0.2) is 48.4 Å². The number of hydrogen-bond donors (Lipinski definition) is 0. The van der Waals surface area contributed by atoms with Gasteiger partial charge in [-0.1, -0.05) is 18.2 Å². The fourth-order valence-corrected chi connectivity index (χ4v) is 2.68. The van der Waals surface area contributed by atoms with Gasteiger partial charge in [0.1, 0.15) is 0 Å². The van der Waals surface area contributed by atoms with Gasteiger partial charge in [0.2, 0.25) is 5.91 Å². The van der Waals surface area contributed by atoms with Gasteiger partial charge in [0.25, 0.3) is 5.69 Å². The number of carbonyl (C=O) groups excluding carboxylic acids is 1. The molecule has 1 aromatic carbocycles. The van der Waals surface area contributed by atoms with E-state index in [0.29, 0.717) is 12.1 Å². The number of nitro benzene ring substituents is 1. The lowest BCUT2D eigenvalue weighted by molar-refractivity contribution is -0.384. The Labute approximate surface area is 143 Å². The van der Waals surface area contributed by atoms with Crippen LogP contribution in [0.5, 0.6) is 0 Å². The van der Waals surface area contributed by atoms with E-state index in [-0.39, 0.29) is 18.1 Å². The number of nitro groups is 1. The molecule has 0 fully saturated rings. The molecule has 0 bridgehead atoms. The van der Waals surface area contributed by atoms with Crippen molar-refractivity contribution >= 4 is 29.0 Å². The van der Waals surface area contributed by atoms with Crippen LogP contribution in [-0.4, -0.2) is 27.3 Å². The molecule has 0 saturated heterocycles. The first-order valence-corrected chi connectivity index (χ1v) is 8.11. The maximum absolute atomic E-state index is 12.4. The minimum absolute atomic E-state index is 0.00647. The summed E-state index contributed by atoms with van der Waals surface area (Å²) in [5, 5.41) is 13.7. The van der Waals surface area contributed by atoms with E-state index < -0.39 is 4.92 Å². The summed E-state index contributed by atoms with van der Waals surface area (Å²) in [5.41, 5.74) is 1.43. The molecular formula is C17H17N3O3S. The molecule has 0 unspecified atom stereocenters. The number of amides is 1. The van der Waals surface area contributed by atoms with Crippen LogP contribution in [0.1, 0.15) is 16.3 Å². The molecule has 24 heavy (non-hydrogen) atoms. The SMILES string of the molecule is C=CCN(Cc1cccc([N+](=O)[O-])c1)C(=O)C=Cc1csc(C)n1. The molecule has 6 nitrogen and oxygen atoms in total. The topological polar surface area (TPSA) is 76.3 Å². The number of hydrogen-bond acceptors (Lipinski definition) is 5. The summed E-state index contributed by atoms with van der Waals surface area (Å²) in [6.07, 6.45) is 4.74. The monoisotopic (exact) mass is 343 g/mol. The number of thiazole rings is 1. The fraction of sp³-hybridized carbons (Fsp3) is 0.176. The molecule has 1 amide bonds. The third-order valence-electron chi connectivity index (χ3n) is 3.19. The van der Waals surface area contributed by atoms with Gasteiger partial charge < -0.3 is 4.90 Å². The van der Waals surface area contributed by atoms with Crippen LogP contribution in [0.3, 0.4) is 0 Å². The first kappa shape index (κ1) is 17.6. The molecule has 0 aliphatic rings. The van der Waals surface area contributed by atoms with E-state index in [1.165, 1.54) is 29.5 Å². The van der Waals surface area contributed by atoms with Crippen molar-refractivity contribution in [3.05, 3.63) is 74.8 Å². The summed E-state index contributed by atoms with van der Waals surface area (Å²) < 4.78 is 0. The second kappa shape index (κ2) is 8.16. The van der Waals surface area contributed by atoms with Gasteiger partial charge in [-0.2, -0.15) is 0 Å². The maximum Gasteiger partial charge on any atom is 0.269 e. The van der Waals surface area contributed by atoms with Crippen LogP contribution in [-0.2, 0) is 11.3 Å². The van der Waals surface area contributed by atoms with Crippen LogP contribution in [0.25, 0.3) is 6.08 Å². The van der Waals surface area contributed by atoms with E-state index >= 15 is 0 Å². The van der Waals surface area contributed by atoms with Gasteiger partial charge >= 0.3 is 0 Å². The first-order chi connectivity index (χ1) is 11.5. The van der Waals surface area contributed by atoms with Crippen LogP contribution >= 0.6 is 11.3 Å². The highest BCUT2D eigenvalue weighted by Crippen LogP contribution is 2.15. The fourth-order valence-electron chi connectivity index (χ4n) is 2.10. The van der Waals surface area contributed by atoms with Crippen LogP contribution in [0.4, 0.5) is 5.69 Å². The summed E-state index contributed by atoms with van der Waals surface area (Å²) in [5.74, 6) is -0.202. The van der Waals surface area contributed by atoms with Crippen molar-refractivity contribution in [3.8, 4) is 0 Å². The Kier molecular flexibility index (Phi) is 5.97. The molecule has 1 aromatic heterocycles. The van der Waals surface area contributed by atoms with Gasteiger partial charge in [-0.15, -0.1) is 17.9 Å². The van der Waals surface area contributed by atoms with E-state index in [1.807, 2.05) is 12.3 Å². The van der Waals surface area contributed by atoms with Crippen molar-refractivity contribution in [1.29, 1.82) is 0 Å². The number of non-ortho nitro benzene ring substituents is 1. The zero-order valence-corrected chi connectivity index (χ0v) is 14.0. The van der Waals surface area contributed by atoms with Crippen molar-refractivity contribution < 1.29 is 9.72 Å². The summed E-state index contributed by atoms with van der Waals surface area (Å²) in [7, 11) is 0. The largest absolute Gasteiger partial charge is 0.331 e. The number of aryl methyl sites for hydroxylation is 1. The van der Waals surface area contributed by atoms with Gasteiger partial charge in [0.05, 0.1) is 15.6 Å². The molecule has 1 heterocycles. The second-order valence-corrected chi connectivity index (χ2v) is 6.12. The van der Waals surface area contributed by atoms with Crippen molar-refractivity contribution in [2.75, 3.05) is 6.54 Å². The Hall–Kier alpha value is -2.80. The maximum atomic E-state index is 12.4. The number of carbonyl (C=O) groups is 1. The average molecular weight is 343 g/mol. The number of aromatic nitrogens is 1. The molecule has 0 aliphatic heterocycles. The normalized spacial score (nSPS) is 10.7. The van der Waals surface area contributed by atoms with Crippen molar-refractivity contribution in [2.45, 2.75) is 13.5 Å². The van der Waals surface area contributed by atoms with Crippen molar-refractivity contribution in [2.24, 2.45) is 0 Å². The van der Waals surface area contributed by atoms with Crippen molar-refractivity contribution in [3.63, 3.8) is 0 Å². The lowest BCUT2D eigenvalue weighted by atomic mass is 10.2. The van der Waals surface area contributed by atoms with Gasteiger partial charge in [-0.3, -0.25) is 14.9 Å². The molecule has 0 radical (unpaired) electrons. The third kappa shape index (κ3) is 4.85. The molecule has 0 aliphatic carbocycles. The van der Waals surface area contributed by atoms with Crippen LogP contribution < -0.4 is 0 Å². The lowest BCUT2D eigenvalue weighted by Crippen LogP contribution is -2.29. The van der Waals surface area contributed by atoms with Gasteiger partial charge in [0, 0.05) is 36.7 Å². The second-order valence-electron chi connectivity index (χ2n) is 5.06. The summed E-state index contributed by atoms with van der Waals surface area (Å²) in [6.45, 7) is 6.17. The Balaban J connectivity index is 2.12. The summed E-state index contributed by atoms with van der Waals surface area (Å²) in [6, 6.07) is 6.26. The van der Waals surface area contributed by atoms with E-state index in [4.69, 9.17) is 0 Å². The molecular weight excluding hydrogens is 326 g/mol.